The predicted octanol–water partition coefficient (Wildman–Crippen LogP) is -0.135. The average Bonchev–Trinajstić information content (AvgIpc) is 2.89. The Bertz CT molecular complexity index is 458. The lowest BCUT2D eigenvalue weighted by atomic mass is 10.2. The molecule has 1 unspecified atom stereocenters. The molecule has 0 aromatic carbocycles. The first-order valence-electron chi connectivity index (χ1n) is 5.19. The van der Waals surface area contributed by atoms with Crippen LogP contribution in [0.25, 0.3) is 0 Å². The Labute approximate surface area is 93.3 Å². The van der Waals surface area contributed by atoms with Gasteiger partial charge in [0.25, 0.3) is 0 Å². The second kappa shape index (κ2) is 4.40. The van der Waals surface area contributed by atoms with Crippen LogP contribution in [-0.2, 0) is 13.6 Å². The number of hydrogen-bond acceptors (Lipinski definition) is 5. The molecule has 2 aromatic heterocycles. The van der Waals surface area contributed by atoms with E-state index in [9.17, 15) is 0 Å². The van der Waals surface area contributed by atoms with Crippen molar-refractivity contribution in [1.82, 2.24) is 29.8 Å². The number of rotatable bonds is 4. The molecule has 1 atom stereocenters. The number of nitrogens with two attached hydrogens (primary N) is 1. The average molecular weight is 221 g/mol. The fourth-order valence-corrected chi connectivity index (χ4v) is 1.36. The molecule has 0 spiro atoms. The minimum Gasteiger partial charge on any atom is -0.323 e. The van der Waals surface area contributed by atoms with Gasteiger partial charge in [0.1, 0.15) is 12.9 Å². The molecule has 0 aliphatic heterocycles. The van der Waals surface area contributed by atoms with Gasteiger partial charge in [-0.3, -0.25) is 0 Å². The fourth-order valence-electron chi connectivity index (χ4n) is 1.36. The van der Waals surface area contributed by atoms with E-state index >= 15 is 0 Å². The molecule has 7 nitrogen and oxygen atoms in total. The lowest BCUT2D eigenvalue weighted by Crippen LogP contribution is -2.09. The molecular formula is C9H15N7. The van der Waals surface area contributed by atoms with E-state index in [-0.39, 0.29) is 6.04 Å². The summed E-state index contributed by atoms with van der Waals surface area (Å²) in [6, 6.07) is -0.0479. The van der Waals surface area contributed by atoms with Gasteiger partial charge in [0, 0.05) is 7.05 Å². The summed E-state index contributed by atoms with van der Waals surface area (Å²) < 4.78 is 3.57. The van der Waals surface area contributed by atoms with Crippen LogP contribution in [0.1, 0.15) is 30.9 Å². The van der Waals surface area contributed by atoms with Gasteiger partial charge in [0.2, 0.25) is 0 Å². The van der Waals surface area contributed by atoms with Gasteiger partial charge < -0.3 is 10.3 Å². The highest BCUT2D eigenvalue weighted by molar-refractivity contribution is 5.00. The largest absolute Gasteiger partial charge is 0.323 e. The lowest BCUT2D eigenvalue weighted by Gasteiger charge is -2.02. The van der Waals surface area contributed by atoms with Crippen LogP contribution in [0.4, 0.5) is 0 Å². The molecule has 2 aromatic rings. The summed E-state index contributed by atoms with van der Waals surface area (Å²) in [5.41, 5.74) is 6.67. The Morgan fingerprint density at radius 1 is 1.44 bits per heavy atom. The van der Waals surface area contributed by atoms with Gasteiger partial charge in [-0.25, -0.2) is 4.68 Å². The van der Waals surface area contributed by atoms with Crippen molar-refractivity contribution in [3.8, 4) is 0 Å². The van der Waals surface area contributed by atoms with Gasteiger partial charge in [0.05, 0.1) is 17.9 Å². The minimum atomic E-state index is -0.0479. The highest BCUT2D eigenvalue weighted by Crippen LogP contribution is 2.09. The maximum absolute atomic E-state index is 5.86. The predicted molar refractivity (Wildman–Crippen MR) is 57.3 cm³/mol. The standard InChI is InChI=1S/C9H15N7/c1-3-7(10)8-4-16(14-12-8)5-9-13-11-6-15(9)2/h4,6-7H,3,5,10H2,1-2H3. The van der Waals surface area contributed by atoms with Gasteiger partial charge >= 0.3 is 0 Å². The van der Waals surface area contributed by atoms with Gasteiger partial charge in [-0.15, -0.1) is 15.3 Å². The van der Waals surface area contributed by atoms with Gasteiger partial charge in [-0.1, -0.05) is 12.1 Å². The summed E-state index contributed by atoms with van der Waals surface area (Å²) in [6.45, 7) is 2.58. The molecule has 0 saturated heterocycles. The molecule has 0 amide bonds. The zero-order valence-electron chi connectivity index (χ0n) is 9.41. The van der Waals surface area contributed by atoms with Crippen molar-refractivity contribution in [3.05, 3.63) is 24.0 Å². The summed E-state index contributed by atoms with van der Waals surface area (Å²) in [4.78, 5) is 0. The van der Waals surface area contributed by atoms with Crippen LogP contribution >= 0.6 is 0 Å². The van der Waals surface area contributed by atoms with E-state index in [1.165, 1.54) is 0 Å². The van der Waals surface area contributed by atoms with Crippen molar-refractivity contribution in [2.24, 2.45) is 12.8 Å². The third-order valence-electron chi connectivity index (χ3n) is 2.48. The molecule has 16 heavy (non-hydrogen) atoms. The van der Waals surface area contributed by atoms with Crippen molar-refractivity contribution in [2.75, 3.05) is 0 Å². The Kier molecular flexibility index (Phi) is 2.95. The van der Waals surface area contributed by atoms with Crippen molar-refractivity contribution in [2.45, 2.75) is 25.9 Å². The molecule has 0 radical (unpaired) electrons. The molecule has 0 saturated carbocycles. The second-order valence-electron chi connectivity index (χ2n) is 3.71. The van der Waals surface area contributed by atoms with Crippen molar-refractivity contribution < 1.29 is 0 Å². The SMILES string of the molecule is CCC(N)c1cn(Cc2nncn2C)nn1. The summed E-state index contributed by atoms with van der Waals surface area (Å²) in [6.07, 6.45) is 4.36. The molecule has 0 bridgehead atoms. The van der Waals surface area contributed by atoms with Crippen LogP contribution in [-0.4, -0.2) is 29.8 Å². The van der Waals surface area contributed by atoms with Crippen molar-refractivity contribution in [1.29, 1.82) is 0 Å². The second-order valence-corrected chi connectivity index (χ2v) is 3.71. The molecule has 7 heteroatoms. The summed E-state index contributed by atoms with van der Waals surface area (Å²) in [5.74, 6) is 0.835. The van der Waals surface area contributed by atoms with Crippen LogP contribution in [0.3, 0.4) is 0 Å². The third kappa shape index (κ3) is 2.08. The number of aryl methyl sites for hydroxylation is 1. The van der Waals surface area contributed by atoms with Crippen LogP contribution in [0.5, 0.6) is 0 Å². The first-order valence-corrected chi connectivity index (χ1v) is 5.19. The number of hydrogen-bond donors (Lipinski definition) is 1. The first-order chi connectivity index (χ1) is 7.70. The van der Waals surface area contributed by atoms with Crippen molar-refractivity contribution >= 4 is 0 Å². The fraction of sp³-hybridized carbons (Fsp3) is 0.556. The first kappa shape index (κ1) is 10.7. The van der Waals surface area contributed by atoms with Crippen LogP contribution < -0.4 is 5.73 Å². The van der Waals surface area contributed by atoms with Crippen LogP contribution in [0, 0.1) is 0 Å². The molecule has 2 N–H and O–H groups in total. The molecule has 2 heterocycles. The smallest absolute Gasteiger partial charge is 0.154 e. The Balaban J connectivity index is 2.11. The van der Waals surface area contributed by atoms with Gasteiger partial charge in [-0.05, 0) is 6.42 Å². The van der Waals surface area contributed by atoms with E-state index in [0.717, 1.165) is 17.9 Å². The van der Waals surface area contributed by atoms with E-state index in [1.807, 2.05) is 24.7 Å². The van der Waals surface area contributed by atoms with Gasteiger partial charge in [-0.2, -0.15) is 0 Å². The number of nitrogens with zero attached hydrogens (tertiary/aromatic N) is 6. The molecule has 0 aliphatic carbocycles. The maximum Gasteiger partial charge on any atom is 0.154 e. The summed E-state index contributed by atoms with van der Waals surface area (Å²) in [5, 5.41) is 15.8. The van der Waals surface area contributed by atoms with E-state index in [1.54, 1.807) is 11.0 Å². The Hall–Kier alpha value is -1.76. The highest BCUT2D eigenvalue weighted by Gasteiger charge is 2.09. The molecule has 86 valence electrons. The molecule has 0 aliphatic rings. The number of aromatic nitrogens is 6. The van der Waals surface area contributed by atoms with Crippen LogP contribution in [0.2, 0.25) is 0 Å². The zero-order valence-corrected chi connectivity index (χ0v) is 9.41. The van der Waals surface area contributed by atoms with E-state index < -0.39 is 0 Å². The van der Waals surface area contributed by atoms with Crippen LogP contribution in [0.15, 0.2) is 12.5 Å². The van der Waals surface area contributed by atoms with E-state index in [0.29, 0.717) is 6.54 Å². The molecular weight excluding hydrogens is 206 g/mol. The third-order valence-corrected chi connectivity index (χ3v) is 2.48. The molecule has 0 fully saturated rings. The Morgan fingerprint density at radius 2 is 2.25 bits per heavy atom. The highest BCUT2D eigenvalue weighted by atomic mass is 15.4. The lowest BCUT2D eigenvalue weighted by molar-refractivity contribution is 0.604. The summed E-state index contributed by atoms with van der Waals surface area (Å²) >= 11 is 0. The zero-order chi connectivity index (χ0) is 11.5. The monoisotopic (exact) mass is 221 g/mol. The summed E-state index contributed by atoms with van der Waals surface area (Å²) in [7, 11) is 1.89. The normalized spacial score (nSPS) is 12.9. The topological polar surface area (TPSA) is 87.4 Å². The van der Waals surface area contributed by atoms with Gasteiger partial charge in [0.15, 0.2) is 5.82 Å². The van der Waals surface area contributed by atoms with E-state index in [2.05, 4.69) is 20.5 Å². The quantitative estimate of drug-likeness (QED) is 0.776. The van der Waals surface area contributed by atoms with E-state index in [4.69, 9.17) is 5.73 Å². The Morgan fingerprint density at radius 3 is 2.88 bits per heavy atom. The minimum absolute atomic E-state index is 0.0479. The molecule has 2 rings (SSSR count). The maximum atomic E-state index is 5.86. The van der Waals surface area contributed by atoms with Crippen molar-refractivity contribution in [3.63, 3.8) is 0 Å².